The number of fused-ring (bicyclic) bond motifs is 6. The molecule has 0 amide bonds. The van der Waals surface area contributed by atoms with E-state index in [9.17, 15) is 5.26 Å². The van der Waals surface area contributed by atoms with Gasteiger partial charge in [-0.2, -0.15) is 5.26 Å². The van der Waals surface area contributed by atoms with E-state index in [1.54, 1.807) is 0 Å². The van der Waals surface area contributed by atoms with E-state index in [4.69, 9.17) is 8.83 Å². The number of para-hydroxylation sites is 2. The van der Waals surface area contributed by atoms with E-state index in [-0.39, 0.29) is 0 Å². The molecule has 7 aromatic rings. The van der Waals surface area contributed by atoms with Gasteiger partial charge in [-0.1, -0.05) is 66.7 Å². The normalized spacial score (nSPS) is 11.5. The summed E-state index contributed by atoms with van der Waals surface area (Å²) in [5, 5.41) is 14.5. The number of benzene rings is 5. The Kier molecular flexibility index (Phi) is 3.91. The minimum Gasteiger partial charge on any atom is -0.456 e. The van der Waals surface area contributed by atoms with Crippen molar-refractivity contribution in [1.29, 1.82) is 5.26 Å². The standard InChI is InChI=1S/C31H17NO2/c32-18-27-21(19-12-14-30-25(16-19)23-6-1-3-10-28(23)33-30)8-5-9-22(27)20-13-15-31-26(17-20)24-7-2-4-11-29(24)34-31/h1-17H. The molecule has 158 valence electrons. The van der Waals surface area contributed by atoms with E-state index in [1.165, 1.54) is 0 Å². The van der Waals surface area contributed by atoms with Gasteiger partial charge in [-0.15, -0.1) is 0 Å². The van der Waals surface area contributed by atoms with Crippen molar-refractivity contribution >= 4 is 43.9 Å². The highest BCUT2D eigenvalue weighted by Crippen LogP contribution is 2.38. The molecule has 3 heteroatoms. The third-order valence-electron chi connectivity index (χ3n) is 6.55. The zero-order valence-electron chi connectivity index (χ0n) is 18.1. The van der Waals surface area contributed by atoms with Gasteiger partial charge in [-0.25, -0.2) is 0 Å². The van der Waals surface area contributed by atoms with Crippen molar-refractivity contribution in [2.75, 3.05) is 0 Å². The molecule has 0 radical (unpaired) electrons. The maximum Gasteiger partial charge on any atom is 0.135 e. The highest BCUT2D eigenvalue weighted by Gasteiger charge is 2.15. The highest BCUT2D eigenvalue weighted by atomic mass is 16.3. The van der Waals surface area contributed by atoms with Crippen LogP contribution < -0.4 is 0 Å². The second-order valence-corrected chi connectivity index (χ2v) is 8.46. The van der Waals surface area contributed by atoms with Gasteiger partial charge in [0, 0.05) is 32.7 Å². The molecular weight excluding hydrogens is 418 g/mol. The summed E-state index contributed by atoms with van der Waals surface area (Å²) in [4.78, 5) is 0. The van der Waals surface area contributed by atoms with Crippen LogP contribution in [0.15, 0.2) is 112 Å². The van der Waals surface area contributed by atoms with Crippen LogP contribution in [0.25, 0.3) is 66.1 Å². The van der Waals surface area contributed by atoms with Gasteiger partial charge in [-0.3, -0.25) is 0 Å². The van der Waals surface area contributed by atoms with Gasteiger partial charge < -0.3 is 8.83 Å². The second kappa shape index (κ2) is 7.10. The molecule has 7 rings (SSSR count). The lowest BCUT2D eigenvalue weighted by Gasteiger charge is -2.10. The number of hydrogen-bond donors (Lipinski definition) is 0. The summed E-state index contributed by atoms with van der Waals surface area (Å²) < 4.78 is 12.0. The minimum atomic E-state index is 0.654. The Morgan fingerprint density at radius 2 is 0.941 bits per heavy atom. The molecule has 0 spiro atoms. The maximum absolute atomic E-state index is 10.2. The average Bonchev–Trinajstić information content (AvgIpc) is 3.45. The Labute approximate surface area is 195 Å². The first-order valence-electron chi connectivity index (χ1n) is 11.2. The van der Waals surface area contributed by atoms with Gasteiger partial charge in [0.1, 0.15) is 28.4 Å². The highest BCUT2D eigenvalue weighted by molar-refractivity contribution is 6.08. The Bertz CT molecular complexity index is 1800. The monoisotopic (exact) mass is 435 g/mol. The molecule has 0 aliphatic heterocycles. The van der Waals surface area contributed by atoms with Gasteiger partial charge in [0.2, 0.25) is 0 Å². The number of nitrogens with zero attached hydrogens (tertiary/aromatic N) is 1. The minimum absolute atomic E-state index is 0.654. The number of rotatable bonds is 2. The molecule has 0 fully saturated rings. The Morgan fingerprint density at radius 1 is 0.471 bits per heavy atom. The van der Waals surface area contributed by atoms with Crippen molar-refractivity contribution in [1.82, 2.24) is 0 Å². The molecule has 0 N–H and O–H groups in total. The van der Waals surface area contributed by atoms with Crippen molar-refractivity contribution in [3.05, 3.63) is 109 Å². The summed E-state index contributed by atoms with van der Waals surface area (Å²) in [6.07, 6.45) is 0. The third-order valence-corrected chi connectivity index (χ3v) is 6.55. The van der Waals surface area contributed by atoms with Crippen molar-refractivity contribution in [3.8, 4) is 28.3 Å². The van der Waals surface area contributed by atoms with Gasteiger partial charge in [0.15, 0.2) is 0 Å². The molecule has 0 aliphatic rings. The fourth-order valence-electron chi connectivity index (χ4n) is 4.94. The summed E-state index contributed by atoms with van der Waals surface area (Å²) in [6, 6.07) is 36.8. The fourth-order valence-corrected chi connectivity index (χ4v) is 4.94. The molecule has 0 unspecified atom stereocenters. The first-order chi connectivity index (χ1) is 16.8. The van der Waals surface area contributed by atoms with Crippen LogP contribution in [0.4, 0.5) is 0 Å². The lowest BCUT2D eigenvalue weighted by Crippen LogP contribution is -1.90. The van der Waals surface area contributed by atoms with Crippen molar-refractivity contribution in [2.45, 2.75) is 0 Å². The average molecular weight is 435 g/mol. The predicted molar refractivity (Wildman–Crippen MR) is 137 cm³/mol. The third kappa shape index (κ3) is 2.69. The van der Waals surface area contributed by atoms with Crippen LogP contribution in [0.5, 0.6) is 0 Å². The number of hydrogen-bond acceptors (Lipinski definition) is 3. The van der Waals surface area contributed by atoms with Crippen molar-refractivity contribution in [3.63, 3.8) is 0 Å². The lowest BCUT2D eigenvalue weighted by molar-refractivity contribution is 0.668. The van der Waals surface area contributed by atoms with E-state index in [0.717, 1.165) is 66.1 Å². The molecule has 3 nitrogen and oxygen atoms in total. The number of furan rings is 2. The predicted octanol–water partition coefficient (Wildman–Crippen LogP) is 8.69. The van der Waals surface area contributed by atoms with Crippen LogP contribution in [0.3, 0.4) is 0 Å². The maximum atomic E-state index is 10.2. The van der Waals surface area contributed by atoms with Crippen LogP contribution in [-0.4, -0.2) is 0 Å². The van der Waals surface area contributed by atoms with Crippen LogP contribution in [0.2, 0.25) is 0 Å². The zero-order valence-corrected chi connectivity index (χ0v) is 18.1. The summed E-state index contributed by atoms with van der Waals surface area (Å²) in [7, 11) is 0. The van der Waals surface area contributed by atoms with E-state index < -0.39 is 0 Å². The van der Waals surface area contributed by atoms with E-state index in [2.05, 4.69) is 30.3 Å². The van der Waals surface area contributed by atoms with Gasteiger partial charge in [-0.05, 0) is 47.5 Å². The summed E-state index contributed by atoms with van der Waals surface area (Å²) in [5.74, 6) is 0. The first-order valence-corrected chi connectivity index (χ1v) is 11.2. The summed E-state index contributed by atoms with van der Waals surface area (Å²) in [5.41, 5.74) is 7.87. The van der Waals surface area contributed by atoms with Gasteiger partial charge in [0.05, 0.1) is 5.56 Å². The topological polar surface area (TPSA) is 50.1 Å². The molecule has 34 heavy (non-hydrogen) atoms. The molecule has 0 atom stereocenters. The fraction of sp³-hybridized carbons (Fsp3) is 0. The van der Waals surface area contributed by atoms with Crippen LogP contribution >= 0.6 is 0 Å². The van der Waals surface area contributed by atoms with Crippen molar-refractivity contribution in [2.24, 2.45) is 0 Å². The molecule has 0 saturated carbocycles. The molecule has 2 aromatic heterocycles. The zero-order chi connectivity index (χ0) is 22.6. The molecule has 0 saturated heterocycles. The first kappa shape index (κ1) is 18.7. The second-order valence-electron chi connectivity index (χ2n) is 8.46. The van der Waals surface area contributed by atoms with E-state index in [0.29, 0.717) is 5.56 Å². The van der Waals surface area contributed by atoms with Crippen molar-refractivity contribution < 1.29 is 8.83 Å². The SMILES string of the molecule is N#Cc1c(-c2ccc3oc4ccccc4c3c2)cccc1-c1ccc2oc3ccccc3c2c1. The van der Waals surface area contributed by atoms with E-state index >= 15 is 0 Å². The molecular formula is C31H17NO2. The van der Waals surface area contributed by atoms with Gasteiger partial charge >= 0.3 is 0 Å². The summed E-state index contributed by atoms with van der Waals surface area (Å²) in [6.45, 7) is 0. The van der Waals surface area contributed by atoms with Gasteiger partial charge in [0.25, 0.3) is 0 Å². The molecule has 0 bridgehead atoms. The Balaban J connectivity index is 1.43. The Hall–Kier alpha value is -4.81. The van der Waals surface area contributed by atoms with Crippen LogP contribution in [0.1, 0.15) is 5.56 Å². The largest absolute Gasteiger partial charge is 0.456 e. The molecule has 0 aliphatic carbocycles. The van der Waals surface area contributed by atoms with Crippen LogP contribution in [-0.2, 0) is 0 Å². The lowest BCUT2D eigenvalue weighted by atomic mass is 9.91. The molecule has 2 heterocycles. The number of nitriles is 1. The van der Waals surface area contributed by atoms with Crippen LogP contribution in [0, 0.1) is 11.3 Å². The smallest absolute Gasteiger partial charge is 0.135 e. The summed E-state index contributed by atoms with van der Waals surface area (Å²) >= 11 is 0. The van der Waals surface area contributed by atoms with E-state index in [1.807, 2.05) is 78.9 Å². The quantitative estimate of drug-likeness (QED) is 0.273. The Morgan fingerprint density at radius 3 is 1.44 bits per heavy atom. The molecule has 5 aromatic carbocycles.